The fraction of sp³-hybridized carbons (Fsp3) is 0.552. The quantitative estimate of drug-likeness (QED) is 0.430. The SMILES string of the molecule is CN1CCN(c2cccc(OCC(=O)NCC(CN3CCc4ccccc4C3)N(C)C)c2S(=O)(=O)N(C)C)CC1. The van der Waals surface area contributed by atoms with Crippen LogP contribution < -0.4 is 15.0 Å². The summed E-state index contributed by atoms with van der Waals surface area (Å²) in [4.78, 5) is 21.8. The molecule has 2 aromatic rings. The molecule has 1 fully saturated rings. The van der Waals surface area contributed by atoms with Crippen molar-refractivity contribution in [2.24, 2.45) is 0 Å². The van der Waals surface area contributed by atoms with Crippen molar-refractivity contribution < 1.29 is 17.9 Å². The average molecular weight is 573 g/mol. The molecule has 2 aliphatic heterocycles. The van der Waals surface area contributed by atoms with Gasteiger partial charge >= 0.3 is 0 Å². The van der Waals surface area contributed by atoms with Crippen molar-refractivity contribution >= 4 is 21.6 Å². The van der Waals surface area contributed by atoms with E-state index in [4.69, 9.17) is 4.74 Å². The van der Waals surface area contributed by atoms with E-state index in [1.165, 1.54) is 29.5 Å². The molecule has 10 nitrogen and oxygen atoms in total. The molecule has 1 amide bonds. The summed E-state index contributed by atoms with van der Waals surface area (Å²) in [5.41, 5.74) is 3.39. The van der Waals surface area contributed by atoms with Gasteiger partial charge in [-0.2, -0.15) is 0 Å². The third-order valence-electron chi connectivity index (χ3n) is 7.84. The van der Waals surface area contributed by atoms with E-state index in [-0.39, 0.29) is 29.2 Å². The van der Waals surface area contributed by atoms with Gasteiger partial charge in [0.25, 0.3) is 5.91 Å². The molecule has 4 rings (SSSR count). The lowest BCUT2D eigenvalue weighted by Gasteiger charge is -2.35. The number of nitrogens with zero attached hydrogens (tertiary/aromatic N) is 5. The number of carbonyl (C=O) groups excluding carboxylic acids is 1. The molecule has 2 aliphatic rings. The normalized spacial score (nSPS) is 17.6. The Hall–Kier alpha value is -2.70. The first-order chi connectivity index (χ1) is 19.1. The molecule has 0 aliphatic carbocycles. The van der Waals surface area contributed by atoms with Gasteiger partial charge in [-0.15, -0.1) is 0 Å². The lowest BCUT2D eigenvalue weighted by atomic mass is 9.99. The highest BCUT2D eigenvalue weighted by Gasteiger charge is 2.30. The number of benzene rings is 2. The highest BCUT2D eigenvalue weighted by molar-refractivity contribution is 7.89. The predicted octanol–water partition coefficient (Wildman–Crippen LogP) is 1.17. The van der Waals surface area contributed by atoms with E-state index in [1.54, 1.807) is 12.1 Å². The van der Waals surface area contributed by atoms with Crippen molar-refractivity contribution in [2.75, 3.05) is 92.6 Å². The first-order valence-corrected chi connectivity index (χ1v) is 15.3. The zero-order valence-corrected chi connectivity index (χ0v) is 25.3. The Bertz CT molecular complexity index is 1260. The average Bonchev–Trinajstić information content (AvgIpc) is 2.94. The van der Waals surface area contributed by atoms with E-state index in [0.29, 0.717) is 25.3 Å². The molecule has 1 atom stereocenters. The van der Waals surface area contributed by atoms with Crippen LogP contribution in [0.1, 0.15) is 11.1 Å². The van der Waals surface area contributed by atoms with Crippen LogP contribution in [0, 0.1) is 0 Å². The van der Waals surface area contributed by atoms with Gasteiger partial charge in [0.2, 0.25) is 10.0 Å². The van der Waals surface area contributed by atoms with Gasteiger partial charge in [0, 0.05) is 72.5 Å². The van der Waals surface area contributed by atoms with Gasteiger partial charge in [0.05, 0.1) is 5.69 Å². The Morgan fingerprint density at radius 2 is 1.68 bits per heavy atom. The Morgan fingerprint density at radius 1 is 0.975 bits per heavy atom. The van der Waals surface area contributed by atoms with Crippen LogP contribution in [0.2, 0.25) is 0 Å². The zero-order valence-electron chi connectivity index (χ0n) is 24.5. The second-order valence-electron chi connectivity index (χ2n) is 11.1. The van der Waals surface area contributed by atoms with Crippen LogP contribution in [-0.4, -0.2) is 127 Å². The second-order valence-corrected chi connectivity index (χ2v) is 13.2. The number of rotatable bonds is 11. The van der Waals surface area contributed by atoms with Crippen molar-refractivity contribution in [1.29, 1.82) is 0 Å². The van der Waals surface area contributed by atoms with E-state index < -0.39 is 10.0 Å². The first-order valence-electron chi connectivity index (χ1n) is 13.9. The van der Waals surface area contributed by atoms with Crippen molar-refractivity contribution in [2.45, 2.75) is 23.9 Å². The lowest BCUT2D eigenvalue weighted by molar-refractivity contribution is -0.123. The van der Waals surface area contributed by atoms with Crippen molar-refractivity contribution in [3.05, 3.63) is 53.6 Å². The maximum absolute atomic E-state index is 13.4. The van der Waals surface area contributed by atoms with E-state index in [0.717, 1.165) is 39.1 Å². The summed E-state index contributed by atoms with van der Waals surface area (Å²) < 4.78 is 33.8. The summed E-state index contributed by atoms with van der Waals surface area (Å²) in [6, 6.07) is 13.9. The molecule has 40 heavy (non-hydrogen) atoms. The summed E-state index contributed by atoms with van der Waals surface area (Å²) >= 11 is 0. The molecule has 1 unspecified atom stereocenters. The topological polar surface area (TPSA) is 88.7 Å². The Balaban J connectivity index is 1.39. The van der Waals surface area contributed by atoms with E-state index in [2.05, 4.69) is 56.2 Å². The number of carbonyl (C=O) groups is 1. The Labute approximate surface area is 239 Å². The van der Waals surface area contributed by atoms with E-state index in [9.17, 15) is 13.2 Å². The molecule has 220 valence electrons. The molecule has 0 bridgehead atoms. The van der Waals surface area contributed by atoms with Gasteiger partial charge in [0.15, 0.2) is 6.61 Å². The maximum Gasteiger partial charge on any atom is 0.257 e. The fourth-order valence-electron chi connectivity index (χ4n) is 5.20. The molecule has 0 spiro atoms. The molecular formula is C29H44N6O4S. The van der Waals surface area contributed by atoms with Gasteiger partial charge in [-0.3, -0.25) is 9.69 Å². The van der Waals surface area contributed by atoms with Crippen LogP contribution in [0.15, 0.2) is 47.4 Å². The van der Waals surface area contributed by atoms with E-state index in [1.807, 2.05) is 20.2 Å². The van der Waals surface area contributed by atoms with Gasteiger partial charge in [-0.05, 0) is 50.8 Å². The molecule has 1 saturated heterocycles. The smallest absolute Gasteiger partial charge is 0.257 e. The Kier molecular flexibility index (Phi) is 10.1. The summed E-state index contributed by atoms with van der Waals surface area (Å²) in [6.45, 7) is 6.04. The maximum atomic E-state index is 13.4. The third-order valence-corrected chi connectivity index (χ3v) is 9.73. The van der Waals surface area contributed by atoms with Crippen LogP contribution in [0.25, 0.3) is 0 Å². The van der Waals surface area contributed by atoms with Crippen LogP contribution in [0.4, 0.5) is 5.69 Å². The molecule has 1 N–H and O–H groups in total. The van der Waals surface area contributed by atoms with E-state index >= 15 is 0 Å². The number of fused-ring (bicyclic) bond motifs is 1. The monoisotopic (exact) mass is 572 g/mol. The lowest BCUT2D eigenvalue weighted by Crippen LogP contribution is -2.49. The van der Waals surface area contributed by atoms with Gasteiger partial charge in [0.1, 0.15) is 10.6 Å². The number of hydrogen-bond acceptors (Lipinski definition) is 8. The molecule has 0 radical (unpaired) electrons. The number of amides is 1. The van der Waals surface area contributed by atoms with Crippen molar-refractivity contribution in [3.8, 4) is 5.75 Å². The summed E-state index contributed by atoms with van der Waals surface area (Å²) in [6.07, 6.45) is 1.03. The minimum Gasteiger partial charge on any atom is -0.482 e. The zero-order chi connectivity index (χ0) is 28.9. The molecule has 0 saturated carbocycles. The fourth-order valence-corrected chi connectivity index (χ4v) is 6.41. The second kappa shape index (κ2) is 13.3. The van der Waals surface area contributed by atoms with Gasteiger partial charge in [-0.25, -0.2) is 12.7 Å². The number of piperazine rings is 1. The summed E-state index contributed by atoms with van der Waals surface area (Å²) in [5.74, 6) is -0.0922. The highest BCUT2D eigenvalue weighted by atomic mass is 32.2. The molecule has 2 aromatic carbocycles. The van der Waals surface area contributed by atoms with Crippen molar-refractivity contribution in [1.82, 2.24) is 24.3 Å². The largest absolute Gasteiger partial charge is 0.482 e. The molecule has 2 heterocycles. The number of likely N-dealkylation sites (N-methyl/N-ethyl adjacent to an activating group) is 2. The summed E-state index contributed by atoms with van der Waals surface area (Å²) in [5, 5.41) is 3.00. The summed E-state index contributed by atoms with van der Waals surface area (Å²) in [7, 11) is 5.30. The number of ether oxygens (including phenoxy) is 1. The number of anilines is 1. The van der Waals surface area contributed by atoms with Crippen LogP contribution in [-0.2, 0) is 27.8 Å². The highest BCUT2D eigenvalue weighted by Crippen LogP contribution is 2.36. The number of nitrogens with one attached hydrogen (secondary N) is 1. The molecular weight excluding hydrogens is 528 g/mol. The molecule has 0 aromatic heterocycles. The van der Waals surface area contributed by atoms with Gasteiger partial charge in [-0.1, -0.05) is 30.3 Å². The van der Waals surface area contributed by atoms with Crippen molar-refractivity contribution in [3.63, 3.8) is 0 Å². The Morgan fingerprint density at radius 3 is 2.35 bits per heavy atom. The number of sulfonamides is 1. The minimum atomic E-state index is -3.81. The van der Waals surface area contributed by atoms with Gasteiger partial charge < -0.3 is 24.8 Å². The first kappa shape index (κ1) is 30.3. The minimum absolute atomic E-state index is 0.105. The van der Waals surface area contributed by atoms with Crippen LogP contribution in [0.3, 0.4) is 0 Å². The van der Waals surface area contributed by atoms with Crippen LogP contribution >= 0.6 is 0 Å². The number of hydrogen-bond donors (Lipinski definition) is 1. The molecule has 11 heteroatoms. The van der Waals surface area contributed by atoms with Crippen LogP contribution in [0.5, 0.6) is 5.75 Å². The standard InChI is InChI=1S/C29H44N6O4S/c1-31(2)25(21-34-14-13-23-9-6-7-10-24(23)20-34)19-30-28(36)22-39-27-12-8-11-26(29(27)40(37,38)32(3)4)35-17-15-33(5)16-18-35/h6-12,25H,13-22H2,1-5H3,(H,30,36). The third kappa shape index (κ3) is 7.32. The predicted molar refractivity (Wildman–Crippen MR) is 158 cm³/mol.